The van der Waals surface area contributed by atoms with Crippen LogP contribution in [0.15, 0.2) is 5.16 Å². The van der Waals surface area contributed by atoms with Crippen molar-refractivity contribution >= 4 is 5.96 Å². The Kier molecular flexibility index (Phi) is 6.10. The minimum absolute atomic E-state index is 0.517. The van der Waals surface area contributed by atoms with Gasteiger partial charge in [0.25, 0.3) is 0 Å². The molecule has 0 aromatic rings. The Morgan fingerprint density at radius 3 is 2.46 bits per heavy atom. The molecule has 0 bridgehead atoms. The highest BCUT2D eigenvalue weighted by molar-refractivity contribution is 5.78. The van der Waals surface area contributed by atoms with E-state index in [1.54, 1.807) is 4.90 Å². The second kappa shape index (κ2) is 6.57. The number of hydrogen-bond acceptors (Lipinski definition) is 2. The molecule has 0 aliphatic heterocycles. The van der Waals surface area contributed by atoms with Crippen molar-refractivity contribution in [1.82, 2.24) is 10.2 Å². The lowest BCUT2D eigenvalue weighted by molar-refractivity contribution is 0.305. The Hall–Kier alpha value is -0.930. The maximum Gasteiger partial charge on any atom is 0.235 e. The third-order valence-electron chi connectivity index (χ3n) is 1.76. The minimum atomic E-state index is 0.517. The number of oxime groups is 1. The van der Waals surface area contributed by atoms with E-state index < -0.39 is 0 Å². The maximum atomic E-state index is 8.59. The van der Waals surface area contributed by atoms with Gasteiger partial charge in [0, 0.05) is 20.6 Å². The fourth-order valence-electron chi connectivity index (χ4n) is 0.993. The van der Waals surface area contributed by atoms with Gasteiger partial charge >= 0.3 is 0 Å². The molecule has 0 aliphatic carbocycles. The predicted molar refractivity (Wildman–Crippen MR) is 55.0 cm³/mol. The lowest BCUT2D eigenvalue weighted by Gasteiger charge is -2.15. The van der Waals surface area contributed by atoms with Crippen LogP contribution in [0.25, 0.3) is 0 Å². The summed E-state index contributed by atoms with van der Waals surface area (Å²) in [5, 5.41) is 14.8. The van der Waals surface area contributed by atoms with E-state index in [9.17, 15) is 0 Å². The molecule has 0 saturated heterocycles. The van der Waals surface area contributed by atoms with Crippen molar-refractivity contribution < 1.29 is 5.21 Å². The molecule has 0 heterocycles. The molecule has 0 spiro atoms. The molecule has 0 unspecified atom stereocenters. The van der Waals surface area contributed by atoms with E-state index in [4.69, 9.17) is 5.21 Å². The van der Waals surface area contributed by atoms with Gasteiger partial charge in [0.15, 0.2) is 0 Å². The van der Waals surface area contributed by atoms with Crippen LogP contribution in [0.1, 0.15) is 26.7 Å². The summed E-state index contributed by atoms with van der Waals surface area (Å²) in [7, 11) is 3.68. The highest BCUT2D eigenvalue weighted by atomic mass is 16.4. The quantitative estimate of drug-likeness (QED) is 0.229. The SMILES string of the molecule is CC(C)CCCN/C(=N/O)N(C)C. The summed E-state index contributed by atoms with van der Waals surface area (Å²) >= 11 is 0. The van der Waals surface area contributed by atoms with Gasteiger partial charge in [-0.1, -0.05) is 19.0 Å². The largest absolute Gasteiger partial charge is 0.408 e. The van der Waals surface area contributed by atoms with Crippen molar-refractivity contribution in [2.24, 2.45) is 11.1 Å². The molecule has 2 N–H and O–H groups in total. The number of hydrogen-bond donors (Lipinski definition) is 2. The molecule has 4 heteroatoms. The van der Waals surface area contributed by atoms with Crippen molar-refractivity contribution in [2.45, 2.75) is 26.7 Å². The second-order valence-electron chi connectivity index (χ2n) is 3.78. The summed E-state index contributed by atoms with van der Waals surface area (Å²) in [6.07, 6.45) is 2.30. The van der Waals surface area contributed by atoms with Gasteiger partial charge in [0.1, 0.15) is 0 Å². The van der Waals surface area contributed by atoms with Gasteiger partial charge in [0.2, 0.25) is 5.96 Å². The third-order valence-corrected chi connectivity index (χ3v) is 1.76. The molecule has 0 rings (SSSR count). The average Bonchev–Trinajstić information content (AvgIpc) is 2.03. The van der Waals surface area contributed by atoms with Crippen LogP contribution in [0.4, 0.5) is 0 Å². The first-order valence-corrected chi connectivity index (χ1v) is 4.71. The molecule has 0 radical (unpaired) electrons. The second-order valence-corrected chi connectivity index (χ2v) is 3.78. The summed E-state index contributed by atoms with van der Waals surface area (Å²) < 4.78 is 0. The van der Waals surface area contributed by atoms with Crippen molar-refractivity contribution in [2.75, 3.05) is 20.6 Å². The van der Waals surface area contributed by atoms with Gasteiger partial charge in [-0.2, -0.15) is 0 Å². The summed E-state index contributed by atoms with van der Waals surface area (Å²) in [5.74, 6) is 1.25. The fraction of sp³-hybridized carbons (Fsp3) is 0.889. The van der Waals surface area contributed by atoms with Crippen molar-refractivity contribution in [3.8, 4) is 0 Å². The molecule has 78 valence electrons. The highest BCUT2D eigenvalue weighted by Gasteiger charge is 2.00. The Balaban J connectivity index is 3.51. The fourth-order valence-corrected chi connectivity index (χ4v) is 0.993. The summed E-state index contributed by atoms with van der Waals surface area (Å²) in [4.78, 5) is 1.75. The van der Waals surface area contributed by atoms with E-state index in [1.807, 2.05) is 14.1 Å². The van der Waals surface area contributed by atoms with E-state index in [1.165, 1.54) is 6.42 Å². The predicted octanol–water partition coefficient (Wildman–Crippen LogP) is 1.32. The molecule has 0 aromatic heterocycles. The molecule has 13 heavy (non-hydrogen) atoms. The number of guanidine groups is 1. The van der Waals surface area contributed by atoms with Crippen LogP contribution in [-0.4, -0.2) is 36.7 Å². The van der Waals surface area contributed by atoms with Crippen molar-refractivity contribution in [3.05, 3.63) is 0 Å². The van der Waals surface area contributed by atoms with Crippen LogP contribution in [0.5, 0.6) is 0 Å². The Morgan fingerprint density at radius 1 is 1.46 bits per heavy atom. The van der Waals surface area contributed by atoms with E-state index in [2.05, 4.69) is 24.3 Å². The van der Waals surface area contributed by atoms with E-state index in [-0.39, 0.29) is 0 Å². The standard InChI is InChI=1S/C9H21N3O/c1-8(2)6-5-7-10-9(11-13)12(3)4/h8,13H,5-7H2,1-4H3,(H,10,11). The normalized spacial score (nSPS) is 11.9. The number of rotatable bonds is 4. The van der Waals surface area contributed by atoms with E-state index in [0.717, 1.165) is 18.9 Å². The van der Waals surface area contributed by atoms with Gasteiger partial charge in [-0.05, 0) is 18.8 Å². The van der Waals surface area contributed by atoms with Gasteiger partial charge in [-0.15, -0.1) is 0 Å². The summed E-state index contributed by atoms with van der Waals surface area (Å²) in [6.45, 7) is 5.26. The minimum Gasteiger partial charge on any atom is -0.408 e. The molecule has 0 fully saturated rings. The molecule has 0 aliphatic rings. The molecule has 0 aromatic carbocycles. The zero-order chi connectivity index (χ0) is 10.3. The topological polar surface area (TPSA) is 47.9 Å². The number of nitrogens with zero attached hydrogens (tertiary/aromatic N) is 2. The smallest absolute Gasteiger partial charge is 0.235 e. The van der Waals surface area contributed by atoms with Gasteiger partial charge < -0.3 is 15.4 Å². The van der Waals surface area contributed by atoms with Crippen LogP contribution < -0.4 is 5.32 Å². The first-order chi connectivity index (χ1) is 6.07. The first kappa shape index (κ1) is 12.1. The molecule has 0 atom stereocenters. The third kappa shape index (κ3) is 6.25. The molecular weight excluding hydrogens is 166 g/mol. The lowest BCUT2D eigenvalue weighted by atomic mass is 10.1. The zero-order valence-electron chi connectivity index (χ0n) is 9.04. The molecule has 4 nitrogen and oxygen atoms in total. The molecular formula is C9H21N3O. The van der Waals surface area contributed by atoms with Crippen LogP contribution in [0, 0.1) is 5.92 Å². The van der Waals surface area contributed by atoms with Gasteiger partial charge in [0.05, 0.1) is 0 Å². The Labute approximate surface area is 80.6 Å². The van der Waals surface area contributed by atoms with E-state index in [0.29, 0.717) is 5.96 Å². The Bertz CT molecular complexity index is 155. The first-order valence-electron chi connectivity index (χ1n) is 4.71. The van der Waals surface area contributed by atoms with Crippen LogP contribution in [0.3, 0.4) is 0 Å². The van der Waals surface area contributed by atoms with E-state index >= 15 is 0 Å². The monoisotopic (exact) mass is 187 g/mol. The van der Waals surface area contributed by atoms with Crippen molar-refractivity contribution in [3.63, 3.8) is 0 Å². The number of nitrogens with one attached hydrogen (secondary N) is 1. The average molecular weight is 187 g/mol. The van der Waals surface area contributed by atoms with Crippen LogP contribution in [-0.2, 0) is 0 Å². The zero-order valence-corrected chi connectivity index (χ0v) is 9.04. The summed E-state index contributed by atoms with van der Waals surface area (Å²) in [6, 6.07) is 0. The van der Waals surface area contributed by atoms with Gasteiger partial charge in [-0.25, -0.2) is 0 Å². The highest BCUT2D eigenvalue weighted by Crippen LogP contribution is 2.01. The molecule has 0 amide bonds. The van der Waals surface area contributed by atoms with Crippen molar-refractivity contribution in [1.29, 1.82) is 0 Å². The Morgan fingerprint density at radius 2 is 2.08 bits per heavy atom. The van der Waals surface area contributed by atoms with Crippen LogP contribution in [0.2, 0.25) is 0 Å². The molecule has 0 saturated carbocycles. The van der Waals surface area contributed by atoms with Crippen LogP contribution >= 0.6 is 0 Å². The summed E-state index contributed by atoms with van der Waals surface area (Å²) in [5.41, 5.74) is 0. The lowest BCUT2D eigenvalue weighted by Crippen LogP contribution is -2.36. The maximum absolute atomic E-state index is 8.59. The van der Waals surface area contributed by atoms with Gasteiger partial charge in [-0.3, -0.25) is 0 Å².